The summed E-state index contributed by atoms with van der Waals surface area (Å²) in [5.74, 6) is -0.683. The molecule has 0 spiro atoms. The molecule has 40 heavy (non-hydrogen) atoms. The molecular weight excluding hydrogens is 525 g/mol. The molecule has 3 aromatic heterocycles. The smallest absolute Gasteiger partial charge is 0.387 e. The molecular formula is C28H27F3N6O3. The predicted molar refractivity (Wildman–Crippen MR) is 140 cm³/mol. The molecule has 9 nitrogen and oxygen atoms in total. The highest BCUT2D eigenvalue weighted by Gasteiger charge is 2.34. The van der Waals surface area contributed by atoms with Crippen LogP contribution in [0.5, 0.6) is 5.75 Å². The summed E-state index contributed by atoms with van der Waals surface area (Å²) >= 11 is 0. The zero-order chi connectivity index (χ0) is 27.6. The Bertz CT molecular complexity index is 1510. The Kier molecular flexibility index (Phi) is 7.35. The number of alkyl halides is 2. The third kappa shape index (κ3) is 5.36. The molecule has 1 aromatic carbocycles. The van der Waals surface area contributed by atoms with Crippen LogP contribution < -0.4 is 10.1 Å². The fourth-order valence-electron chi connectivity index (χ4n) is 5.58. The van der Waals surface area contributed by atoms with Crippen LogP contribution in [0.3, 0.4) is 0 Å². The van der Waals surface area contributed by atoms with Gasteiger partial charge in [0.1, 0.15) is 5.75 Å². The summed E-state index contributed by atoms with van der Waals surface area (Å²) in [5, 5.41) is 3.20. The Hall–Kier alpha value is -4.03. The number of fused-ring (bicyclic) bond motifs is 1. The highest BCUT2D eigenvalue weighted by atomic mass is 19.3. The van der Waals surface area contributed by atoms with Crippen LogP contribution in [-0.4, -0.2) is 75.3 Å². The second kappa shape index (κ2) is 11.2. The van der Waals surface area contributed by atoms with Crippen LogP contribution in [0.1, 0.15) is 29.6 Å². The number of pyridine rings is 1. The van der Waals surface area contributed by atoms with E-state index in [0.29, 0.717) is 40.9 Å². The second-order valence-corrected chi connectivity index (χ2v) is 9.84. The van der Waals surface area contributed by atoms with Crippen molar-refractivity contribution in [2.45, 2.75) is 38.0 Å². The van der Waals surface area contributed by atoms with E-state index in [-0.39, 0.29) is 29.7 Å². The molecule has 1 aliphatic carbocycles. The zero-order valence-electron chi connectivity index (χ0n) is 21.5. The van der Waals surface area contributed by atoms with E-state index in [1.165, 1.54) is 18.3 Å². The number of nitrogens with zero attached hydrogens (tertiary/aromatic N) is 5. The lowest BCUT2D eigenvalue weighted by atomic mass is 10.1. The zero-order valence-corrected chi connectivity index (χ0v) is 21.5. The minimum absolute atomic E-state index is 0.00573. The molecule has 12 heteroatoms. The number of carbonyl (C=O) groups excluding carboxylic acids is 1. The third-order valence-electron chi connectivity index (χ3n) is 7.41. The number of rotatable bonds is 7. The normalized spacial score (nSPS) is 19.8. The number of morpholine rings is 1. The van der Waals surface area contributed by atoms with Gasteiger partial charge in [0, 0.05) is 43.1 Å². The maximum Gasteiger partial charge on any atom is 0.387 e. The number of benzene rings is 1. The van der Waals surface area contributed by atoms with E-state index >= 15 is 0 Å². The molecule has 1 aliphatic heterocycles. The third-order valence-corrected chi connectivity index (χ3v) is 7.41. The maximum atomic E-state index is 13.6. The maximum absolute atomic E-state index is 13.6. The molecule has 1 amide bonds. The van der Waals surface area contributed by atoms with Gasteiger partial charge in [-0.2, -0.15) is 8.78 Å². The number of aromatic nitrogens is 4. The molecule has 2 atom stereocenters. The molecule has 4 heterocycles. The Balaban J connectivity index is 1.35. The number of hydrogen-bond acceptors (Lipinski definition) is 7. The summed E-state index contributed by atoms with van der Waals surface area (Å²) in [6.07, 6.45) is 8.21. The summed E-state index contributed by atoms with van der Waals surface area (Å²) < 4.78 is 50.9. The van der Waals surface area contributed by atoms with E-state index in [1.807, 2.05) is 0 Å². The molecule has 2 aliphatic rings. The Labute approximate surface area is 228 Å². The highest BCUT2D eigenvalue weighted by Crippen LogP contribution is 2.33. The fraction of sp³-hybridized carbons (Fsp3) is 0.357. The van der Waals surface area contributed by atoms with Gasteiger partial charge >= 0.3 is 6.61 Å². The molecule has 2 fully saturated rings. The van der Waals surface area contributed by atoms with E-state index in [2.05, 4.69) is 29.9 Å². The number of ether oxygens (including phenoxy) is 2. The first-order chi connectivity index (χ1) is 19.5. The summed E-state index contributed by atoms with van der Waals surface area (Å²) in [5.41, 5.74) is 2.49. The first-order valence-electron chi connectivity index (χ1n) is 13.1. The minimum Gasteiger partial charge on any atom is -0.435 e. The molecule has 0 bridgehead atoms. The van der Waals surface area contributed by atoms with Gasteiger partial charge in [0.25, 0.3) is 5.91 Å². The second-order valence-electron chi connectivity index (χ2n) is 9.84. The predicted octanol–water partition coefficient (Wildman–Crippen LogP) is 4.21. The average molecular weight is 553 g/mol. The average Bonchev–Trinajstić information content (AvgIpc) is 3.58. The fourth-order valence-corrected chi connectivity index (χ4v) is 5.58. The summed E-state index contributed by atoms with van der Waals surface area (Å²) in [6, 6.07) is 8.20. The number of carbonyl (C=O) groups is 1. The number of hydrogen-bond donors (Lipinski definition) is 1. The molecule has 208 valence electrons. The van der Waals surface area contributed by atoms with Crippen molar-refractivity contribution in [3.05, 3.63) is 66.5 Å². The largest absolute Gasteiger partial charge is 0.435 e. The number of halogens is 3. The quantitative estimate of drug-likeness (QED) is 0.367. The molecule has 1 N–H and O–H groups in total. The van der Waals surface area contributed by atoms with Crippen molar-refractivity contribution in [2.24, 2.45) is 0 Å². The molecule has 1 saturated carbocycles. The molecule has 6 rings (SSSR count). The van der Waals surface area contributed by atoms with E-state index in [0.717, 1.165) is 44.7 Å². The Morgan fingerprint density at radius 1 is 1.07 bits per heavy atom. The van der Waals surface area contributed by atoms with Crippen LogP contribution in [0, 0.1) is 5.82 Å². The first kappa shape index (κ1) is 26.2. The van der Waals surface area contributed by atoms with Crippen LogP contribution in [0.25, 0.3) is 28.1 Å². The van der Waals surface area contributed by atoms with Gasteiger partial charge in [0.15, 0.2) is 5.82 Å². The van der Waals surface area contributed by atoms with E-state index in [1.54, 1.807) is 29.0 Å². The summed E-state index contributed by atoms with van der Waals surface area (Å²) in [6.45, 7) is 0.120. The molecule has 4 aromatic rings. The van der Waals surface area contributed by atoms with Crippen molar-refractivity contribution in [2.75, 3.05) is 26.3 Å². The van der Waals surface area contributed by atoms with Gasteiger partial charge in [0.2, 0.25) is 5.95 Å². The molecule has 0 radical (unpaired) electrons. The van der Waals surface area contributed by atoms with E-state index < -0.39 is 12.4 Å². The van der Waals surface area contributed by atoms with Gasteiger partial charge < -0.3 is 14.8 Å². The van der Waals surface area contributed by atoms with Gasteiger partial charge in [-0.05, 0) is 43.0 Å². The van der Waals surface area contributed by atoms with Gasteiger partial charge in [0.05, 0.1) is 42.2 Å². The summed E-state index contributed by atoms with van der Waals surface area (Å²) in [7, 11) is 0. The number of amides is 1. The van der Waals surface area contributed by atoms with Crippen molar-refractivity contribution >= 4 is 16.9 Å². The van der Waals surface area contributed by atoms with Gasteiger partial charge in [-0.15, -0.1) is 0 Å². The lowest BCUT2D eigenvalue weighted by Gasteiger charge is -2.35. The van der Waals surface area contributed by atoms with Crippen LogP contribution in [-0.2, 0) is 4.74 Å². The highest BCUT2D eigenvalue weighted by molar-refractivity contribution is 6.00. The van der Waals surface area contributed by atoms with Crippen LogP contribution >= 0.6 is 0 Å². The first-order valence-corrected chi connectivity index (χ1v) is 13.1. The van der Waals surface area contributed by atoms with E-state index in [9.17, 15) is 18.0 Å². The van der Waals surface area contributed by atoms with E-state index in [4.69, 9.17) is 4.74 Å². The molecule has 1 saturated heterocycles. The number of nitrogens with one attached hydrogen (secondary N) is 1. The Morgan fingerprint density at radius 3 is 2.65 bits per heavy atom. The van der Waals surface area contributed by atoms with Crippen molar-refractivity contribution < 1.29 is 27.4 Å². The minimum atomic E-state index is -2.97. The topological polar surface area (TPSA) is 94.4 Å². The lowest BCUT2D eigenvalue weighted by molar-refractivity contribution is -0.0498. The summed E-state index contributed by atoms with van der Waals surface area (Å²) in [4.78, 5) is 28.6. The van der Waals surface area contributed by atoms with Crippen molar-refractivity contribution in [1.82, 2.24) is 29.7 Å². The van der Waals surface area contributed by atoms with Gasteiger partial charge in [-0.25, -0.2) is 14.4 Å². The van der Waals surface area contributed by atoms with Crippen LogP contribution in [0.2, 0.25) is 0 Å². The van der Waals surface area contributed by atoms with Crippen molar-refractivity contribution in [3.63, 3.8) is 0 Å². The van der Waals surface area contributed by atoms with Crippen LogP contribution in [0.15, 0.2) is 55.1 Å². The standard InChI is InChI=1S/C28H27F3N6O3/c29-19-14-33-28(34-15-19)37-16-21(17-3-1-4-20(11-17)40-27(30)31)25-24(37)12-18(13-32-25)26(38)35-22-5-2-6-23(22)36-7-9-39-10-8-36/h1,3-4,11-16,22-23,27H,2,5-10H2,(H,35,38)/t22-,23-/m1/s1. The SMILES string of the molecule is O=C(N[C@@H]1CCC[C@H]1N1CCOCC1)c1cnc2c(-c3cccc(OC(F)F)c3)cn(-c3ncc(F)cn3)c2c1. The lowest BCUT2D eigenvalue weighted by Crippen LogP contribution is -2.52. The van der Waals surface area contributed by atoms with Crippen LogP contribution in [0.4, 0.5) is 13.2 Å². The van der Waals surface area contributed by atoms with Crippen molar-refractivity contribution in [1.29, 1.82) is 0 Å². The van der Waals surface area contributed by atoms with Crippen molar-refractivity contribution in [3.8, 4) is 22.8 Å². The Morgan fingerprint density at radius 2 is 1.88 bits per heavy atom. The molecule has 0 unspecified atom stereocenters. The monoisotopic (exact) mass is 552 g/mol. The van der Waals surface area contributed by atoms with Gasteiger partial charge in [-0.3, -0.25) is 19.2 Å². The van der Waals surface area contributed by atoms with Gasteiger partial charge in [-0.1, -0.05) is 12.1 Å².